The normalized spacial score (nSPS) is 30.4. The molecule has 0 N–H and O–H groups in total. The van der Waals surface area contributed by atoms with Gasteiger partial charge in [-0.2, -0.15) is 0 Å². The Hall–Kier alpha value is -1.41. The van der Waals surface area contributed by atoms with Crippen LogP contribution in [0.25, 0.3) is 0 Å². The van der Waals surface area contributed by atoms with Crippen LogP contribution < -0.4 is 0 Å². The zero-order valence-corrected chi connectivity index (χ0v) is 18.9. The molecule has 5 atom stereocenters. The summed E-state index contributed by atoms with van der Waals surface area (Å²) < 4.78 is 6.09. The Bertz CT molecular complexity index is 832. The van der Waals surface area contributed by atoms with Gasteiger partial charge < -0.3 is 0 Å². The number of ketones is 1. The van der Waals surface area contributed by atoms with Crippen molar-refractivity contribution in [1.82, 2.24) is 0 Å². The maximum atomic E-state index is 12.7. The van der Waals surface area contributed by atoms with Crippen LogP contribution in [0.3, 0.4) is 0 Å². The number of carbonyl (C=O) groups is 1. The minimum absolute atomic E-state index is 0.0503. The zero-order chi connectivity index (χ0) is 19.9. The van der Waals surface area contributed by atoms with Gasteiger partial charge in [-0.15, -0.1) is 0 Å². The quantitative estimate of drug-likeness (QED) is 0.543. The number of Topliss-reactive ketones (excluding diaryl/α,β-unsaturated/α-hetero) is 1. The van der Waals surface area contributed by atoms with Gasteiger partial charge in [-0.1, -0.05) is 0 Å². The molecule has 3 heteroatoms. The van der Waals surface area contributed by atoms with Gasteiger partial charge in [0.25, 0.3) is 0 Å². The molecular weight excluding hydrogens is 411 g/mol. The van der Waals surface area contributed by atoms with Gasteiger partial charge in [0.15, 0.2) is 0 Å². The molecule has 0 aromatic heterocycles. The number of carbonyl (C=O) groups excluding carboxylic acids is 1. The van der Waals surface area contributed by atoms with Crippen molar-refractivity contribution in [3.8, 4) is 0 Å². The van der Waals surface area contributed by atoms with E-state index in [4.69, 9.17) is 4.74 Å². The van der Waals surface area contributed by atoms with Gasteiger partial charge in [0.2, 0.25) is 0 Å². The Balaban J connectivity index is 1.67. The molecule has 4 rings (SSSR count). The van der Waals surface area contributed by atoms with E-state index in [0.29, 0.717) is 36.3 Å². The summed E-state index contributed by atoms with van der Waals surface area (Å²) >= 11 is 0.346. The number of hydrogen-bond acceptors (Lipinski definition) is 2. The van der Waals surface area contributed by atoms with E-state index in [0.717, 1.165) is 12.8 Å². The first kappa shape index (κ1) is 19.9. The van der Waals surface area contributed by atoms with E-state index >= 15 is 0 Å². The molecule has 2 bridgehead atoms. The van der Waals surface area contributed by atoms with Crippen molar-refractivity contribution in [2.75, 3.05) is 7.11 Å². The van der Waals surface area contributed by atoms with Crippen LogP contribution in [0, 0.1) is 16.7 Å². The van der Waals surface area contributed by atoms with E-state index in [1.165, 1.54) is 11.1 Å². The molecule has 28 heavy (non-hydrogen) atoms. The van der Waals surface area contributed by atoms with E-state index < -0.39 is 0 Å². The predicted octanol–water partition coefficient (Wildman–Crippen LogP) is 5.63. The van der Waals surface area contributed by atoms with Crippen LogP contribution >= 0.6 is 0 Å². The summed E-state index contributed by atoms with van der Waals surface area (Å²) in [6, 6.07) is 21.4. The van der Waals surface area contributed by atoms with Crippen molar-refractivity contribution in [2.24, 2.45) is 16.7 Å². The first-order valence-corrected chi connectivity index (χ1v) is 12.2. The fourth-order valence-corrected chi connectivity index (χ4v) is 9.87. The van der Waals surface area contributed by atoms with E-state index in [1.54, 1.807) is 0 Å². The second-order valence-electron chi connectivity index (χ2n) is 9.06. The predicted molar refractivity (Wildman–Crippen MR) is 114 cm³/mol. The fourth-order valence-electron chi connectivity index (χ4n) is 5.34. The van der Waals surface area contributed by atoms with Crippen molar-refractivity contribution in [3.05, 3.63) is 71.8 Å². The number of hydrogen-bond donors (Lipinski definition) is 0. The SMILES string of the molecule is CO[C@@H](c1ccccc1)[C@H]([Se][C@@H]1CC2(C)C(=O)CC1C2(C)C)c1ccccc1. The summed E-state index contributed by atoms with van der Waals surface area (Å²) in [4.78, 5) is 13.6. The zero-order valence-electron chi connectivity index (χ0n) is 17.2. The summed E-state index contributed by atoms with van der Waals surface area (Å²) in [6.07, 6.45) is 1.85. The van der Waals surface area contributed by atoms with Gasteiger partial charge in [0.05, 0.1) is 0 Å². The molecule has 0 heterocycles. The minimum atomic E-state index is -0.152. The molecule has 0 aliphatic heterocycles. The van der Waals surface area contributed by atoms with Crippen molar-refractivity contribution >= 4 is 20.7 Å². The molecule has 0 radical (unpaired) electrons. The summed E-state index contributed by atoms with van der Waals surface area (Å²) in [5.74, 6) is 0.988. The Labute approximate surface area is 175 Å². The standard InChI is InChI=1S/C25H30O2Se/c1-24(2)19-15-21(26)25(24,3)16-20(19)28-23(18-13-9-6-10-14-18)22(27-4)17-11-7-5-8-12-17/h5-14,19-20,22-23H,15-16H2,1-4H3/t19?,20-,22+,23-,25?/m1/s1. The molecule has 2 aliphatic rings. The molecule has 2 aliphatic carbocycles. The fraction of sp³-hybridized carbons (Fsp3) is 0.480. The Morgan fingerprint density at radius 1 is 0.964 bits per heavy atom. The van der Waals surface area contributed by atoms with Gasteiger partial charge in [0, 0.05) is 0 Å². The summed E-state index contributed by atoms with van der Waals surface area (Å²) in [5.41, 5.74) is 2.55. The average Bonchev–Trinajstić information content (AvgIpc) is 3.00. The number of methoxy groups -OCH3 is 1. The number of ether oxygens (including phenoxy) is 1. The summed E-state index contributed by atoms with van der Waals surface area (Å²) in [5, 5.41) is 0. The molecule has 2 aromatic rings. The van der Waals surface area contributed by atoms with Crippen molar-refractivity contribution in [3.63, 3.8) is 0 Å². The van der Waals surface area contributed by atoms with Crippen LogP contribution in [-0.2, 0) is 9.53 Å². The Morgan fingerprint density at radius 3 is 2.00 bits per heavy atom. The molecule has 2 fully saturated rings. The van der Waals surface area contributed by atoms with E-state index in [9.17, 15) is 4.79 Å². The second-order valence-corrected chi connectivity index (χ2v) is 12.0. The monoisotopic (exact) mass is 442 g/mol. The summed E-state index contributed by atoms with van der Waals surface area (Å²) in [7, 11) is 1.83. The van der Waals surface area contributed by atoms with Crippen molar-refractivity contribution < 1.29 is 9.53 Å². The molecular formula is C25H30O2Se. The molecule has 2 unspecified atom stereocenters. The molecule has 0 spiro atoms. The van der Waals surface area contributed by atoms with Gasteiger partial charge >= 0.3 is 175 Å². The number of rotatable bonds is 6. The van der Waals surface area contributed by atoms with Crippen LogP contribution in [-0.4, -0.2) is 27.8 Å². The van der Waals surface area contributed by atoms with Crippen LogP contribution in [0.2, 0.25) is 4.82 Å². The third-order valence-corrected chi connectivity index (χ3v) is 11.0. The Kier molecular flexibility index (Phi) is 5.29. The molecule has 2 aromatic carbocycles. The maximum absolute atomic E-state index is 12.7. The molecule has 148 valence electrons. The average molecular weight is 441 g/mol. The molecule has 0 amide bonds. The first-order chi connectivity index (χ1) is 13.4. The number of benzene rings is 2. The molecule has 2 saturated carbocycles. The van der Waals surface area contributed by atoms with E-state index in [1.807, 2.05) is 7.11 Å². The topological polar surface area (TPSA) is 26.3 Å². The number of fused-ring (bicyclic) bond motifs is 2. The summed E-state index contributed by atoms with van der Waals surface area (Å²) in [6.45, 7) is 6.86. The van der Waals surface area contributed by atoms with Crippen LogP contribution in [0.15, 0.2) is 60.7 Å². The third-order valence-electron chi connectivity index (χ3n) is 7.53. The third kappa shape index (κ3) is 3.09. The van der Waals surface area contributed by atoms with Crippen LogP contribution in [0.4, 0.5) is 0 Å². The van der Waals surface area contributed by atoms with E-state index in [-0.39, 0.29) is 16.9 Å². The molecule has 2 nitrogen and oxygen atoms in total. The van der Waals surface area contributed by atoms with Crippen LogP contribution in [0.5, 0.6) is 0 Å². The first-order valence-electron chi connectivity index (χ1n) is 10.2. The van der Waals surface area contributed by atoms with Gasteiger partial charge in [-0.3, -0.25) is 0 Å². The molecule has 0 saturated heterocycles. The van der Waals surface area contributed by atoms with Crippen LogP contribution in [0.1, 0.15) is 55.7 Å². The van der Waals surface area contributed by atoms with Gasteiger partial charge in [-0.25, -0.2) is 0 Å². The second kappa shape index (κ2) is 7.44. The van der Waals surface area contributed by atoms with E-state index in [2.05, 4.69) is 81.4 Å². The Morgan fingerprint density at radius 2 is 1.54 bits per heavy atom. The van der Waals surface area contributed by atoms with Gasteiger partial charge in [0.1, 0.15) is 0 Å². The van der Waals surface area contributed by atoms with Crippen molar-refractivity contribution in [2.45, 2.75) is 49.3 Å². The van der Waals surface area contributed by atoms with Crippen molar-refractivity contribution in [1.29, 1.82) is 0 Å². The van der Waals surface area contributed by atoms with Gasteiger partial charge in [-0.05, 0) is 0 Å².